The zero-order valence-corrected chi connectivity index (χ0v) is 49.6. The molecular formula is C67H110O12. The molecule has 0 saturated carbocycles. The fraction of sp³-hybridized carbons (Fsp3) is 0.701. The van der Waals surface area contributed by atoms with Crippen LogP contribution in [0.4, 0.5) is 0 Å². The first-order chi connectivity index (χ1) is 38.6. The van der Waals surface area contributed by atoms with Gasteiger partial charge in [0.2, 0.25) is 0 Å². The molecule has 450 valence electrons. The van der Waals surface area contributed by atoms with Crippen molar-refractivity contribution in [3.8, 4) is 0 Å². The van der Waals surface area contributed by atoms with Crippen molar-refractivity contribution < 1.29 is 58.2 Å². The molecule has 1 heterocycles. The topological polar surface area (TPSA) is 175 Å². The zero-order chi connectivity index (χ0) is 57.5. The maximum absolute atomic E-state index is 13.1. The third-order valence-electron chi connectivity index (χ3n) is 13.6. The number of aliphatic carboxylic acids is 1. The Labute approximate surface area is 479 Å². The van der Waals surface area contributed by atoms with Crippen LogP contribution in [-0.2, 0) is 42.9 Å². The highest BCUT2D eigenvalue weighted by molar-refractivity contribution is 5.74. The van der Waals surface area contributed by atoms with E-state index in [-0.39, 0.29) is 25.9 Å². The van der Waals surface area contributed by atoms with E-state index in [0.717, 1.165) is 96.3 Å². The van der Waals surface area contributed by atoms with E-state index in [1.54, 1.807) is 0 Å². The van der Waals surface area contributed by atoms with Gasteiger partial charge in [0.1, 0.15) is 18.8 Å². The zero-order valence-electron chi connectivity index (χ0n) is 49.6. The lowest BCUT2D eigenvalue weighted by Gasteiger charge is -2.40. The minimum atomic E-state index is -1.92. The minimum Gasteiger partial charge on any atom is -0.479 e. The third-order valence-corrected chi connectivity index (χ3v) is 13.6. The number of hydrogen-bond acceptors (Lipinski definition) is 11. The van der Waals surface area contributed by atoms with Crippen LogP contribution in [0.15, 0.2) is 97.2 Å². The van der Waals surface area contributed by atoms with E-state index in [0.29, 0.717) is 25.7 Å². The van der Waals surface area contributed by atoms with Crippen LogP contribution in [0.1, 0.15) is 252 Å². The molecule has 0 aromatic carbocycles. The molecule has 1 saturated heterocycles. The van der Waals surface area contributed by atoms with E-state index >= 15 is 0 Å². The Morgan fingerprint density at radius 3 is 1.27 bits per heavy atom. The Kier molecular flexibility index (Phi) is 49.9. The van der Waals surface area contributed by atoms with Crippen LogP contribution in [0.5, 0.6) is 0 Å². The van der Waals surface area contributed by atoms with Gasteiger partial charge in [0.15, 0.2) is 24.6 Å². The first kappa shape index (κ1) is 72.7. The van der Waals surface area contributed by atoms with E-state index in [4.69, 9.17) is 23.7 Å². The summed E-state index contributed by atoms with van der Waals surface area (Å²) in [5.74, 6) is -3.25. The molecule has 0 aromatic rings. The highest BCUT2D eigenvalue weighted by atomic mass is 16.7. The number of carboxylic acids is 1. The first-order valence-electron chi connectivity index (χ1n) is 31.2. The quantitative estimate of drug-likeness (QED) is 0.0228. The molecule has 0 aromatic heterocycles. The van der Waals surface area contributed by atoms with Gasteiger partial charge in [-0.3, -0.25) is 14.4 Å². The second kappa shape index (κ2) is 54.2. The van der Waals surface area contributed by atoms with E-state index < -0.39 is 67.3 Å². The Bertz CT molecular complexity index is 1740. The Morgan fingerprint density at radius 2 is 0.823 bits per heavy atom. The van der Waals surface area contributed by atoms with Crippen molar-refractivity contribution in [2.45, 2.75) is 289 Å². The number of ether oxygens (including phenoxy) is 5. The Balaban J connectivity index is 2.69. The van der Waals surface area contributed by atoms with E-state index in [1.807, 2.05) is 12.2 Å². The fourth-order valence-electron chi connectivity index (χ4n) is 8.85. The lowest BCUT2D eigenvalue weighted by molar-refractivity contribution is -0.301. The molecule has 12 nitrogen and oxygen atoms in total. The van der Waals surface area contributed by atoms with Crippen LogP contribution in [-0.4, -0.2) is 89.2 Å². The molecule has 6 unspecified atom stereocenters. The number of allylic oxidation sites excluding steroid dienone is 16. The molecular weight excluding hydrogens is 997 g/mol. The van der Waals surface area contributed by atoms with Crippen molar-refractivity contribution in [1.29, 1.82) is 0 Å². The number of carbonyl (C=O) groups is 4. The minimum absolute atomic E-state index is 0.0360. The predicted octanol–water partition coefficient (Wildman–Crippen LogP) is 16.5. The smallest absolute Gasteiger partial charge is 0.335 e. The molecule has 79 heavy (non-hydrogen) atoms. The normalized spacial score (nSPS) is 18.5. The summed E-state index contributed by atoms with van der Waals surface area (Å²) < 4.78 is 28.4. The SMILES string of the molecule is CC/C=C\C/C=C\C/C=C\C/C=C\CCC(=O)OC(COC(=O)CCCCCCCCC/C=C\C/C=C\CCCCC)COC1OC(C(=O)O)C(O)C(O)C1OC(=O)CCCCCCCCCCC/C=C\C/C=C\CCCCC. The monoisotopic (exact) mass is 1110 g/mol. The first-order valence-corrected chi connectivity index (χ1v) is 31.2. The highest BCUT2D eigenvalue weighted by Crippen LogP contribution is 2.26. The summed E-state index contributed by atoms with van der Waals surface area (Å²) in [4.78, 5) is 51.2. The molecule has 0 spiro atoms. The molecule has 0 amide bonds. The highest BCUT2D eigenvalue weighted by Gasteiger charge is 2.50. The van der Waals surface area contributed by atoms with Crippen LogP contribution in [0.25, 0.3) is 0 Å². The number of carbonyl (C=O) groups excluding carboxylic acids is 3. The fourth-order valence-corrected chi connectivity index (χ4v) is 8.85. The van der Waals surface area contributed by atoms with E-state index in [1.165, 1.54) is 89.9 Å². The summed E-state index contributed by atoms with van der Waals surface area (Å²) in [5, 5.41) is 31.5. The van der Waals surface area contributed by atoms with Gasteiger partial charge >= 0.3 is 23.9 Å². The van der Waals surface area contributed by atoms with Crippen LogP contribution in [0.2, 0.25) is 0 Å². The summed E-state index contributed by atoms with van der Waals surface area (Å²) in [6.07, 6.45) is 59.6. The molecule has 1 fully saturated rings. The maximum Gasteiger partial charge on any atom is 0.335 e. The number of esters is 3. The van der Waals surface area contributed by atoms with Crippen molar-refractivity contribution in [2.75, 3.05) is 13.2 Å². The molecule has 12 heteroatoms. The van der Waals surface area contributed by atoms with Crippen molar-refractivity contribution >= 4 is 23.9 Å². The van der Waals surface area contributed by atoms with Crippen LogP contribution < -0.4 is 0 Å². The van der Waals surface area contributed by atoms with E-state index in [2.05, 4.69) is 106 Å². The van der Waals surface area contributed by atoms with Crippen molar-refractivity contribution in [3.05, 3.63) is 97.2 Å². The number of carboxylic acid groups (broad SMARTS) is 1. The average molecular weight is 1110 g/mol. The van der Waals surface area contributed by atoms with Crippen LogP contribution >= 0.6 is 0 Å². The molecule has 1 aliphatic heterocycles. The standard InChI is InChI=1S/C67H110O12/c1-4-7-10-13-16-19-22-25-27-29-30-32-34-37-40-43-46-49-52-55-61(70)78-65-63(72)62(71)64(66(73)74)79-67(65)76-57-58(77-60(69)54-51-48-45-42-39-35-24-21-18-15-12-9-6-3)56-75-59(68)53-50-47-44-41-38-36-33-31-28-26-23-20-17-14-11-8-5-2/h9,12,16-21,25-28,35,39,45,48,58,62-65,67,71-72H,4-8,10-11,13-15,22-24,29-34,36-38,40-44,46-47,49-57H2,1-3H3,(H,73,74)/b12-9-,19-16-,20-17-,21-18-,27-25-,28-26-,39-35-,48-45-. The number of rotatable bonds is 52. The van der Waals surface area contributed by atoms with Crippen molar-refractivity contribution in [3.63, 3.8) is 0 Å². The van der Waals surface area contributed by atoms with Gasteiger partial charge in [0.25, 0.3) is 0 Å². The largest absolute Gasteiger partial charge is 0.479 e. The molecule has 0 bridgehead atoms. The summed E-state index contributed by atoms with van der Waals surface area (Å²) in [6, 6.07) is 0. The summed E-state index contributed by atoms with van der Waals surface area (Å²) in [6.45, 7) is 5.77. The average Bonchev–Trinajstić information content (AvgIpc) is 3.43. The van der Waals surface area contributed by atoms with Gasteiger partial charge in [-0.25, -0.2) is 4.79 Å². The van der Waals surface area contributed by atoms with E-state index in [9.17, 15) is 34.5 Å². The van der Waals surface area contributed by atoms with Gasteiger partial charge in [-0.2, -0.15) is 0 Å². The lowest BCUT2D eigenvalue weighted by Crippen LogP contribution is -2.61. The summed E-state index contributed by atoms with van der Waals surface area (Å²) in [7, 11) is 0. The van der Waals surface area contributed by atoms with Gasteiger partial charge in [-0.15, -0.1) is 0 Å². The summed E-state index contributed by atoms with van der Waals surface area (Å²) in [5.41, 5.74) is 0. The number of aliphatic hydroxyl groups is 2. The van der Waals surface area contributed by atoms with Crippen molar-refractivity contribution in [2.24, 2.45) is 0 Å². The van der Waals surface area contributed by atoms with Gasteiger partial charge in [0, 0.05) is 19.3 Å². The second-order valence-corrected chi connectivity index (χ2v) is 20.9. The van der Waals surface area contributed by atoms with Gasteiger partial charge < -0.3 is 39.0 Å². The van der Waals surface area contributed by atoms with Crippen LogP contribution in [0.3, 0.4) is 0 Å². The Hall–Kier alpha value is -4.36. The van der Waals surface area contributed by atoms with Crippen LogP contribution in [0, 0.1) is 0 Å². The molecule has 3 N–H and O–H groups in total. The van der Waals surface area contributed by atoms with Gasteiger partial charge in [0.05, 0.1) is 6.61 Å². The molecule has 1 aliphatic rings. The number of unbranched alkanes of at least 4 members (excludes halogenated alkanes) is 22. The lowest BCUT2D eigenvalue weighted by atomic mass is 9.98. The molecule has 0 aliphatic carbocycles. The number of hydrogen-bond donors (Lipinski definition) is 3. The summed E-state index contributed by atoms with van der Waals surface area (Å²) >= 11 is 0. The predicted molar refractivity (Wildman–Crippen MR) is 321 cm³/mol. The molecule has 6 atom stereocenters. The third kappa shape index (κ3) is 44.0. The maximum atomic E-state index is 13.1. The second-order valence-electron chi connectivity index (χ2n) is 20.9. The van der Waals surface area contributed by atoms with Crippen molar-refractivity contribution in [1.82, 2.24) is 0 Å². The van der Waals surface area contributed by atoms with Gasteiger partial charge in [-0.1, -0.05) is 221 Å². The molecule has 0 radical (unpaired) electrons. The molecule has 1 rings (SSSR count). The van der Waals surface area contributed by atoms with Gasteiger partial charge in [-0.05, 0) is 109 Å². The Morgan fingerprint density at radius 1 is 0.430 bits per heavy atom. The number of aliphatic hydroxyl groups excluding tert-OH is 2.